The van der Waals surface area contributed by atoms with Gasteiger partial charge in [-0.2, -0.15) is 0 Å². The third-order valence-corrected chi connectivity index (χ3v) is 2.79. The Kier molecular flexibility index (Phi) is 3.98. The summed E-state index contributed by atoms with van der Waals surface area (Å²) < 4.78 is 0. The zero-order valence-corrected chi connectivity index (χ0v) is 10.6. The Labute approximate surface area is 112 Å². The lowest BCUT2D eigenvalue weighted by Gasteiger charge is -2.07. The Bertz CT molecular complexity index is 603. The number of carbonyl (C=O) groups is 1. The molecule has 0 aliphatic heterocycles. The zero-order chi connectivity index (χ0) is 13.7. The number of hydrogen-bond donors (Lipinski definition) is 2. The molecule has 0 unspecified atom stereocenters. The lowest BCUT2D eigenvalue weighted by atomic mass is 10.0. The van der Waals surface area contributed by atoms with Crippen LogP contribution in [0.2, 0.25) is 0 Å². The van der Waals surface area contributed by atoms with E-state index in [1.165, 1.54) is 0 Å². The van der Waals surface area contributed by atoms with Crippen LogP contribution in [0.1, 0.15) is 11.1 Å². The van der Waals surface area contributed by atoms with E-state index in [-0.39, 0.29) is 11.7 Å². The third kappa shape index (κ3) is 3.01. The number of amides is 1. The third-order valence-electron chi connectivity index (χ3n) is 2.79. The largest absolute Gasteiger partial charge is 0.507 e. The summed E-state index contributed by atoms with van der Waals surface area (Å²) in [4.78, 5) is 12.0. The highest BCUT2D eigenvalue weighted by Crippen LogP contribution is 2.23. The number of rotatable bonds is 3. The second-order valence-corrected chi connectivity index (χ2v) is 4.06. The van der Waals surface area contributed by atoms with E-state index >= 15 is 0 Å². The first-order valence-electron chi connectivity index (χ1n) is 5.99. The fourth-order valence-electron chi connectivity index (χ4n) is 1.80. The van der Waals surface area contributed by atoms with Crippen molar-refractivity contribution >= 4 is 17.6 Å². The highest BCUT2D eigenvalue weighted by atomic mass is 16.3. The van der Waals surface area contributed by atoms with Crippen LogP contribution in [-0.2, 0) is 4.79 Å². The van der Waals surface area contributed by atoms with Crippen molar-refractivity contribution in [2.75, 3.05) is 7.05 Å². The number of carbonyl (C=O) groups excluding carboxylic acids is 1. The van der Waals surface area contributed by atoms with E-state index in [9.17, 15) is 9.90 Å². The van der Waals surface area contributed by atoms with Crippen LogP contribution in [0.3, 0.4) is 0 Å². The van der Waals surface area contributed by atoms with E-state index in [2.05, 4.69) is 5.32 Å². The van der Waals surface area contributed by atoms with Gasteiger partial charge in [-0.3, -0.25) is 4.79 Å². The minimum atomic E-state index is -0.186. The van der Waals surface area contributed by atoms with E-state index in [1.54, 1.807) is 31.3 Å². The molecule has 0 aliphatic carbocycles. The predicted molar refractivity (Wildman–Crippen MR) is 76.5 cm³/mol. The number of para-hydroxylation sites is 1. The average Bonchev–Trinajstić information content (AvgIpc) is 2.46. The number of nitrogens with one attached hydrogen (secondary N) is 1. The normalized spacial score (nSPS) is 11.1. The van der Waals surface area contributed by atoms with Gasteiger partial charge in [-0.15, -0.1) is 0 Å². The molecular formula is C16H15NO2. The van der Waals surface area contributed by atoms with Crippen LogP contribution in [0.5, 0.6) is 5.75 Å². The first kappa shape index (κ1) is 12.9. The van der Waals surface area contributed by atoms with Crippen molar-refractivity contribution in [3.8, 4) is 5.75 Å². The summed E-state index contributed by atoms with van der Waals surface area (Å²) in [6, 6.07) is 16.3. The van der Waals surface area contributed by atoms with E-state index < -0.39 is 0 Å². The van der Waals surface area contributed by atoms with Crippen LogP contribution in [0.15, 0.2) is 54.6 Å². The Morgan fingerprint density at radius 2 is 1.68 bits per heavy atom. The molecule has 19 heavy (non-hydrogen) atoms. The van der Waals surface area contributed by atoms with Crippen LogP contribution < -0.4 is 5.32 Å². The van der Waals surface area contributed by atoms with Gasteiger partial charge in [-0.05, 0) is 17.7 Å². The van der Waals surface area contributed by atoms with E-state index in [4.69, 9.17) is 0 Å². The second kappa shape index (κ2) is 5.87. The van der Waals surface area contributed by atoms with Gasteiger partial charge in [0.05, 0.1) is 0 Å². The summed E-state index contributed by atoms with van der Waals surface area (Å²) in [6.45, 7) is 0. The van der Waals surface area contributed by atoms with Crippen molar-refractivity contribution in [1.82, 2.24) is 5.32 Å². The second-order valence-electron chi connectivity index (χ2n) is 4.06. The van der Waals surface area contributed by atoms with E-state index in [1.807, 2.05) is 36.4 Å². The number of hydrogen-bond acceptors (Lipinski definition) is 2. The lowest BCUT2D eigenvalue weighted by Crippen LogP contribution is -2.19. The molecule has 0 saturated heterocycles. The van der Waals surface area contributed by atoms with Crippen molar-refractivity contribution in [3.63, 3.8) is 0 Å². The van der Waals surface area contributed by atoms with Crippen molar-refractivity contribution in [1.29, 1.82) is 0 Å². The smallest absolute Gasteiger partial charge is 0.251 e. The summed E-state index contributed by atoms with van der Waals surface area (Å²) in [5.41, 5.74) is 1.94. The molecule has 0 heterocycles. The van der Waals surface area contributed by atoms with E-state index in [0.717, 1.165) is 5.56 Å². The van der Waals surface area contributed by atoms with Crippen molar-refractivity contribution in [3.05, 3.63) is 65.7 Å². The summed E-state index contributed by atoms with van der Waals surface area (Å²) in [5.74, 6) is -0.0331. The van der Waals surface area contributed by atoms with Gasteiger partial charge < -0.3 is 10.4 Å². The summed E-state index contributed by atoms with van der Waals surface area (Å²) in [7, 11) is 1.59. The number of likely N-dealkylation sites (N-methyl/N-ethyl adjacent to an activating group) is 1. The van der Waals surface area contributed by atoms with E-state index in [0.29, 0.717) is 11.1 Å². The van der Waals surface area contributed by atoms with Gasteiger partial charge in [0.2, 0.25) is 0 Å². The molecule has 0 atom stereocenters. The SMILES string of the molecule is CNC(=O)/C(=C/c1ccccc1O)c1ccccc1. The Hall–Kier alpha value is -2.55. The fraction of sp³-hybridized carbons (Fsp3) is 0.0625. The molecule has 3 nitrogen and oxygen atoms in total. The summed E-state index contributed by atoms with van der Waals surface area (Å²) in [5, 5.41) is 12.4. The summed E-state index contributed by atoms with van der Waals surface area (Å²) >= 11 is 0. The van der Waals surface area contributed by atoms with Crippen molar-refractivity contribution < 1.29 is 9.90 Å². The van der Waals surface area contributed by atoms with Crippen LogP contribution in [0.4, 0.5) is 0 Å². The molecule has 2 N–H and O–H groups in total. The minimum Gasteiger partial charge on any atom is -0.507 e. The Morgan fingerprint density at radius 1 is 1.05 bits per heavy atom. The molecule has 2 aromatic carbocycles. The topological polar surface area (TPSA) is 49.3 Å². The van der Waals surface area contributed by atoms with Crippen LogP contribution >= 0.6 is 0 Å². The highest BCUT2D eigenvalue weighted by molar-refractivity contribution is 6.24. The molecule has 2 rings (SSSR count). The van der Waals surface area contributed by atoms with Gasteiger partial charge in [0, 0.05) is 18.2 Å². The first-order chi connectivity index (χ1) is 9.22. The fourth-order valence-corrected chi connectivity index (χ4v) is 1.80. The number of phenolic OH excluding ortho intramolecular Hbond substituents is 1. The summed E-state index contributed by atoms with van der Waals surface area (Å²) in [6.07, 6.45) is 1.68. The van der Waals surface area contributed by atoms with Crippen molar-refractivity contribution in [2.24, 2.45) is 0 Å². The Morgan fingerprint density at radius 3 is 2.32 bits per heavy atom. The molecule has 0 bridgehead atoms. The van der Waals surface area contributed by atoms with Gasteiger partial charge in [-0.1, -0.05) is 48.5 Å². The molecule has 0 spiro atoms. The van der Waals surface area contributed by atoms with Gasteiger partial charge in [0.1, 0.15) is 5.75 Å². The van der Waals surface area contributed by atoms with Gasteiger partial charge in [-0.25, -0.2) is 0 Å². The minimum absolute atomic E-state index is 0.153. The monoisotopic (exact) mass is 253 g/mol. The maximum absolute atomic E-state index is 12.0. The number of phenols is 1. The molecule has 1 amide bonds. The van der Waals surface area contributed by atoms with Gasteiger partial charge >= 0.3 is 0 Å². The number of benzene rings is 2. The molecular weight excluding hydrogens is 238 g/mol. The van der Waals surface area contributed by atoms with Crippen LogP contribution in [-0.4, -0.2) is 18.1 Å². The highest BCUT2D eigenvalue weighted by Gasteiger charge is 2.10. The Balaban J connectivity index is 2.51. The maximum Gasteiger partial charge on any atom is 0.251 e. The standard InChI is InChI=1S/C16H15NO2/c1-17-16(19)14(12-7-3-2-4-8-12)11-13-9-5-6-10-15(13)18/h2-11,18H,1H3,(H,17,19)/b14-11+. The quantitative estimate of drug-likeness (QED) is 0.652. The molecule has 0 fully saturated rings. The zero-order valence-electron chi connectivity index (χ0n) is 10.6. The van der Waals surface area contributed by atoms with Gasteiger partial charge in [0.15, 0.2) is 0 Å². The molecule has 2 aromatic rings. The molecule has 96 valence electrons. The molecule has 0 aliphatic rings. The van der Waals surface area contributed by atoms with Crippen molar-refractivity contribution in [2.45, 2.75) is 0 Å². The van der Waals surface area contributed by atoms with Crippen LogP contribution in [0.25, 0.3) is 11.6 Å². The van der Waals surface area contributed by atoms with Gasteiger partial charge in [0.25, 0.3) is 5.91 Å². The molecule has 3 heteroatoms. The molecule has 0 radical (unpaired) electrons. The number of aromatic hydroxyl groups is 1. The average molecular weight is 253 g/mol. The molecule has 0 aromatic heterocycles. The maximum atomic E-state index is 12.0. The molecule has 0 saturated carbocycles. The van der Waals surface area contributed by atoms with Crippen LogP contribution in [0, 0.1) is 0 Å². The lowest BCUT2D eigenvalue weighted by molar-refractivity contribution is -0.115. The first-order valence-corrected chi connectivity index (χ1v) is 5.99. The predicted octanol–water partition coefficient (Wildman–Crippen LogP) is 2.68.